The van der Waals surface area contributed by atoms with Crippen LogP contribution in [0.4, 0.5) is 5.82 Å². The van der Waals surface area contributed by atoms with Crippen molar-refractivity contribution in [3.8, 4) is 0 Å². The number of pyridine rings is 1. The third-order valence-electron chi connectivity index (χ3n) is 4.28. The Bertz CT molecular complexity index is 550. The quantitative estimate of drug-likeness (QED) is 0.891. The highest BCUT2D eigenvalue weighted by molar-refractivity contribution is 5.85. The number of aromatic nitrogens is 1. The van der Waals surface area contributed by atoms with Crippen molar-refractivity contribution in [3.05, 3.63) is 23.9 Å². The van der Waals surface area contributed by atoms with Crippen LogP contribution in [-0.2, 0) is 9.47 Å². The maximum absolute atomic E-state index is 11.1. The van der Waals surface area contributed by atoms with E-state index in [0.717, 1.165) is 6.42 Å². The first kappa shape index (κ1) is 14.3. The number of aromatic carboxylic acids is 1. The Hall–Kier alpha value is -1.66. The molecule has 0 amide bonds. The van der Waals surface area contributed by atoms with Gasteiger partial charge in [-0.05, 0) is 26.0 Å². The van der Waals surface area contributed by atoms with E-state index >= 15 is 0 Å². The van der Waals surface area contributed by atoms with Gasteiger partial charge >= 0.3 is 5.97 Å². The van der Waals surface area contributed by atoms with Gasteiger partial charge in [0.25, 0.3) is 0 Å². The molecule has 6 nitrogen and oxygen atoms in total. The van der Waals surface area contributed by atoms with E-state index < -0.39 is 5.97 Å². The molecule has 2 aliphatic heterocycles. The zero-order chi connectivity index (χ0) is 15.0. The molecule has 21 heavy (non-hydrogen) atoms. The van der Waals surface area contributed by atoms with Crippen LogP contribution >= 0.6 is 0 Å². The largest absolute Gasteiger partial charge is 0.477 e. The first-order chi connectivity index (χ1) is 10.00. The molecule has 2 saturated heterocycles. The van der Waals surface area contributed by atoms with Crippen molar-refractivity contribution in [3.63, 3.8) is 0 Å². The van der Waals surface area contributed by atoms with Crippen LogP contribution < -0.4 is 4.90 Å². The summed E-state index contributed by atoms with van der Waals surface area (Å²) in [6.45, 7) is 6.13. The molecule has 1 spiro atoms. The van der Waals surface area contributed by atoms with Crippen LogP contribution in [0.2, 0.25) is 0 Å². The minimum Gasteiger partial charge on any atom is -0.477 e. The number of carboxylic acid groups (broad SMARTS) is 1. The van der Waals surface area contributed by atoms with E-state index in [9.17, 15) is 4.79 Å². The zero-order valence-corrected chi connectivity index (χ0v) is 12.3. The Kier molecular flexibility index (Phi) is 3.59. The van der Waals surface area contributed by atoms with E-state index in [0.29, 0.717) is 25.5 Å². The van der Waals surface area contributed by atoms with Crippen LogP contribution in [0.5, 0.6) is 0 Å². The van der Waals surface area contributed by atoms with Crippen LogP contribution in [0.25, 0.3) is 0 Å². The Morgan fingerprint density at radius 2 is 2.29 bits per heavy atom. The van der Waals surface area contributed by atoms with Gasteiger partial charge in [-0.15, -0.1) is 0 Å². The molecule has 1 aromatic rings. The third kappa shape index (κ3) is 2.61. The van der Waals surface area contributed by atoms with Crippen LogP contribution in [0.15, 0.2) is 18.2 Å². The SMILES string of the molecule is CC1CN(c2cccc(C(=O)O)n2)CC2(CCOC2C)O1. The molecule has 114 valence electrons. The average molecular weight is 292 g/mol. The van der Waals surface area contributed by atoms with Crippen LogP contribution in [0.1, 0.15) is 30.8 Å². The number of ether oxygens (including phenoxy) is 2. The van der Waals surface area contributed by atoms with E-state index in [1.54, 1.807) is 6.07 Å². The Morgan fingerprint density at radius 1 is 1.48 bits per heavy atom. The van der Waals surface area contributed by atoms with E-state index in [2.05, 4.69) is 9.88 Å². The van der Waals surface area contributed by atoms with Gasteiger partial charge in [0.15, 0.2) is 5.69 Å². The topological polar surface area (TPSA) is 71.9 Å². The van der Waals surface area contributed by atoms with E-state index in [1.165, 1.54) is 6.07 Å². The maximum Gasteiger partial charge on any atom is 0.354 e. The summed E-state index contributed by atoms with van der Waals surface area (Å²) in [5, 5.41) is 9.08. The van der Waals surface area contributed by atoms with Crippen molar-refractivity contribution in [2.24, 2.45) is 0 Å². The fourth-order valence-corrected chi connectivity index (χ4v) is 3.19. The smallest absolute Gasteiger partial charge is 0.354 e. The van der Waals surface area contributed by atoms with Gasteiger partial charge in [-0.1, -0.05) is 6.07 Å². The van der Waals surface area contributed by atoms with Crippen molar-refractivity contribution in [2.75, 3.05) is 24.6 Å². The number of anilines is 1. The van der Waals surface area contributed by atoms with Gasteiger partial charge in [0, 0.05) is 19.6 Å². The summed E-state index contributed by atoms with van der Waals surface area (Å²) >= 11 is 0. The zero-order valence-electron chi connectivity index (χ0n) is 12.3. The molecule has 1 N–H and O–H groups in total. The summed E-state index contributed by atoms with van der Waals surface area (Å²) in [6, 6.07) is 5.08. The summed E-state index contributed by atoms with van der Waals surface area (Å²) in [6.07, 6.45) is 0.941. The standard InChI is InChI=1S/C15H20N2O4/c1-10-8-17(9-15(21-10)6-7-20-11(15)2)13-5-3-4-12(16-13)14(18)19/h3-5,10-11H,6-9H2,1-2H3,(H,18,19). The van der Waals surface area contributed by atoms with E-state index in [-0.39, 0.29) is 23.5 Å². The lowest BCUT2D eigenvalue weighted by molar-refractivity contribution is -0.126. The fourth-order valence-electron chi connectivity index (χ4n) is 3.19. The second-order valence-corrected chi connectivity index (χ2v) is 5.82. The van der Waals surface area contributed by atoms with E-state index in [4.69, 9.17) is 14.6 Å². The highest BCUT2D eigenvalue weighted by Gasteiger charge is 2.48. The van der Waals surface area contributed by atoms with Gasteiger partial charge < -0.3 is 19.5 Å². The molecular weight excluding hydrogens is 272 g/mol. The number of hydrogen-bond acceptors (Lipinski definition) is 5. The summed E-state index contributed by atoms with van der Waals surface area (Å²) < 4.78 is 11.8. The Morgan fingerprint density at radius 3 is 2.95 bits per heavy atom. The molecule has 6 heteroatoms. The van der Waals surface area contributed by atoms with Crippen LogP contribution in [0, 0.1) is 0 Å². The normalized spacial score (nSPS) is 32.6. The summed E-state index contributed by atoms with van der Waals surface area (Å²) in [4.78, 5) is 17.4. The number of rotatable bonds is 2. The molecule has 0 aromatic carbocycles. The van der Waals surface area contributed by atoms with E-state index in [1.807, 2.05) is 19.9 Å². The molecule has 3 unspecified atom stereocenters. The molecule has 3 rings (SSSR count). The third-order valence-corrected chi connectivity index (χ3v) is 4.28. The monoisotopic (exact) mass is 292 g/mol. The summed E-state index contributed by atoms with van der Waals surface area (Å²) in [5.41, 5.74) is -0.255. The summed E-state index contributed by atoms with van der Waals surface area (Å²) in [7, 11) is 0. The minimum absolute atomic E-state index is 0.0328. The molecule has 3 atom stereocenters. The van der Waals surface area contributed by atoms with Gasteiger partial charge in [-0.2, -0.15) is 0 Å². The molecular formula is C15H20N2O4. The molecule has 2 fully saturated rings. The number of morpholine rings is 1. The predicted molar refractivity (Wildman–Crippen MR) is 76.7 cm³/mol. The highest BCUT2D eigenvalue weighted by atomic mass is 16.6. The first-order valence-corrected chi connectivity index (χ1v) is 7.25. The molecule has 3 heterocycles. The lowest BCUT2D eigenvalue weighted by atomic mass is 9.93. The van der Waals surface area contributed by atoms with Crippen molar-refractivity contribution in [1.82, 2.24) is 4.98 Å². The molecule has 0 saturated carbocycles. The lowest BCUT2D eigenvalue weighted by Gasteiger charge is -2.45. The van der Waals surface area contributed by atoms with Gasteiger partial charge in [-0.25, -0.2) is 9.78 Å². The van der Waals surface area contributed by atoms with Crippen molar-refractivity contribution in [1.29, 1.82) is 0 Å². The second-order valence-electron chi connectivity index (χ2n) is 5.82. The molecule has 0 bridgehead atoms. The molecule has 0 aliphatic carbocycles. The molecule has 2 aliphatic rings. The van der Waals surface area contributed by atoms with Gasteiger partial charge in [0.05, 0.1) is 18.8 Å². The Balaban J connectivity index is 1.88. The second kappa shape index (κ2) is 5.27. The van der Waals surface area contributed by atoms with Crippen molar-refractivity contribution in [2.45, 2.75) is 38.1 Å². The van der Waals surface area contributed by atoms with Crippen molar-refractivity contribution < 1.29 is 19.4 Å². The van der Waals surface area contributed by atoms with Crippen molar-refractivity contribution >= 4 is 11.8 Å². The minimum atomic E-state index is -1.01. The fraction of sp³-hybridized carbons (Fsp3) is 0.600. The molecule has 1 aromatic heterocycles. The highest BCUT2D eigenvalue weighted by Crippen LogP contribution is 2.36. The van der Waals surface area contributed by atoms with Gasteiger partial charge in [0.1, 0.15) is 11.4 Å². The predicted octanol–water partition coefficient (Wildman–Crippen LogP) is 1.55. The lowest BCUT2D eigenvalue weighted by Crippen LogP contribution is -2.58. The molecule has 0 radical (unpaired) electrons. The summed E-state index contributed by atoms with van der Waals surface area (Å²) in [5.74, 6) is -0.325. The maximum atomic E-state index is 11.1. The number of carboxylic acids is 1. The van der Waals surface area contributed by atoms with Crippen LogP contribution in [0.3, 0.4) is 0 Å². The van der Waals surface area contributed by atoms with Gasteiger partial charge in [-0.3, -0.25) is 0 Å². The van der Waals surface area contributed by atoms with Crippen LogP contribution in [-0.4, -0.2) is 53.6 Å². The number of carbonyl (C=O) groups is 1. The Labute approximate surface area is 123 Å². The average Bonchev–Trinajstić information content (AvgIpc) is 2.78. The van der Waals surface area contributed by atoms with Gasteiger partial charge in [0.2, 0.25) is 0 Å². The number of hydrogen-bond donors (Lipinski definition) is 1. The number of nitrogens with zero attached hydrogens (tertiary/aromatic N) is 2. The first-order valence-electron chi connectivity index (χ1n) is 7.25.